The molecule has 1 fully saturated rings. The van der Waals surface area contributed by atoms with E-state index in [-0.39, 0.29) is 0 Å². The molecule has 1 atom stereocenters. The number of carboxylic acid groups (broad SMARTS) is 1. The molecule has 2 N–H and O–H groups in total. The number of aromatic carboxylic acids is 1. The maximum absolute atomic E-state index is 11.2. The van der Waals surface area contributed by atoms with Gasteiger partial charge in [-0.1, -0.05) is 31.5 Å². The number of benzene rings is 1. The fraction of sp³-hybridized carbons (Fsp3) is 0.533. The smallest absolute Gasteiger partial charge is 0.336 e. The maximum Gasteiger partial charge on any atom is 0.336 e. The Hall–Kier alpha value is -1.39. The molecule has 4 heteroatoms. The van der Waals surface area contributed by atoms with E-state index in [9.17, 15) is 9.90 Å². The predicted octanol–water partition coefficient (Wildman–Crippen LogP) is 1.96. The molecule has 104 valence electrons. The molecule has 0 radical (unpaired) electrons. The van der Waals surface area contributed by atoms with Crippen LogP contribution in [0, 0.1) is 0 Å². The van der Waals surface area contributed by atoms with Gasteiger partial charge in [0.25, 0.3) is 0 Å². The van der Waals surface area contributed by atoms with Gasteiger partial charge in [-0.05, 0) is 18.1 Å². The fourth-order valence-electron chi connectivity index (χ4n) is 2.71. The molecule has 0 unspecified atom stereocenters. The van der Waals surface area contributed by atoms with Gasteiger partial charge in [-0.25, -0.2) is 4.79 Å². The summed E-state index contributed by atoms with van der Waals surface area (Å²) in [6, 6.07) is 7.83. The number of hydrogen-bond donors (Lipinski definition) is 2. The van der Waals surface area contributed by atoms with Crippen LogP contribution in [0.25, 0.3) is 0 Å². The van der Waals surface area contributed by atoms with Crippen molar-refractivity contribution in [3.8, 4) is 0 Å². The molecule has 0 aliphatic carbocycles. The summed E-state index contributed by atoms with van der Waals surface area (Å²) in [7, 11) is 0. The molecule has 1 aliphatic rings. The predicted molar refractivity (Wildman–Crippen MR) is 75.4 cm³/mol. The highest BCUT2D eigenvalue weighted by Crippen LogP contribution is 2.17. The number of nitrogens with zero attached hydrogens (tertiary/aromatic N) is 1. The van der Waals surface area contributed by atoms with Crippen molar-refractivity contribution in [1.29, 1.82) is 0 Å². The van der Waals surface area contributed by atoms with Crippen molar-refractivity contribution in [1.82, 2.24) is 10.2 Å². The molecule has 2 rings (SSSR count). The molecule has 0 bridgehead atoms. The van der Waals surface area contributed by atoms with Crippen LogP contribution in [0.1, 0.15) is 35.7 Å². The van der Waals surface area contributed by atoms with E-state index in [1.165, 1.54) is 0 Å². The van der Waals surface area contributed by atoms with Gasteiger partial charge in [-0.15, -0.1) is 0 Å². The van der Waals surface area contributed by atoms with Crippen LogP contribution in [0.2, 0.25) is 0 Å². The summed E-state index contributed by atoms with van der Waals surface area (Å²) < 4.78 is 0. The number of piperazine rings is 1. The summed E-state index contributed by atoms with van der Waals surface area (Å²) >= 11 is 0. The molecule has 1 aromatic rings. The third-order valence-corrected chi connectivity index (χ3v) is 3.72. The van der Waals surface area contributed by atoms with Gasteiger partial charge in [0.2, 0.25) is 0 Å². The Bertz CT molecular complexity index is 432. The van der Waals surface area contributed by atoms with Crippen LogP contribution >= 0.6 is 0 Å². The Kier molecular flexibility index (Phi) is 4.93. The van der Waals surface area contributed by atoms with Crippen LogP contribution in [0.4, 0.5) is 0 Å². The molecule has 0 amide bonds. The van der Waals surface area contributed by atoms with Crippen LogP contribution in [0.3, 0.4) is 0 Å². The van der Waals surface area contributed by atoms with E-state index < -0.39 is 5.97 Å². The summed E-state index contributed by atoms with van der Waals surface area (Å²) in [5, 5.41) is 12.6. The Morgan fingerprint density at radius 2 is 2.26 bits per heavy atom. The topological polar surface area (TPSA) is 52.6 Å². The first kappa shape index (κ1) is 14.0. The summed E-state index contributed by atoms with van der Waals surface area (Å²) in [5.41, 5.74) is 1.34. The highest BCUT2D eigenvalue weighted by atomic mass is 16.4. The molecular weight excluding hydrogens is 240 g/mol. The van der Waals surface area contributed by atoms with E-state index in [4.69, 9.17) is 0 Å². The number of carboxylic acids is 1. The normalized spacial score (nSPS) is 20.4. The van der Waals surface area contributed by atoms with E-state index in [0.717, 1.165) is 44.6 Å². The lowest BCUT2D eigenvalue weighted by Gasteiger charge is -2.36. The number of hydrogen-bond acceptors (Lipinski definition) is 3. The fourth-order valence-corrected chi connectivity index (χ4v) is 2.71. The van der Waals surface area contributed by atoms with Gasteiger partial charge in [0.1, 0.15) is 0 Å². The van der Waals surface area contributed by atoms with Crippen molar-refractivity contribution < 1.29 is 9.90 Å². The summed E-state index contributed by atoms with van der Waals surface area (Å²) in [4.78, 5) is 13.6. The maximum atomic E-state index is 11.2. The standard InChI is InChI=1S/C15H22N2O2/c1-2-5-13-10-16-8-9-17(13)11-12-6-3-4-7-14(12)15(18)19/h3-4,6-7,13,16H,2,5,8-11H2,1H3,(H,18,19)/t13-/m1/s1. The number of carbonyl (C=O) groups is 1. The second-order valence-corrected chi connectivity index (χ2v) is 5.08. The van der Waals surface area contributed by atoms with E-state index in [0.29, 0.717) is 11.6 Å². The molecule has 0 aromatic heterocycles. The molecule has 1 saturated heterocycles. The van der Waals surface area contributed by atoms with E-state index in [2.05, 4.69) is 17.1 Å². The Balaban J connectivity index is 2.12. The zero-order chi connectivity index (χ0) is 13.7. The Morgan fingerprint density at radius 1 is 1.47 bits per heavy atom. The van der Waals surface area contributed by atoms with Crippen molar-refractivity contribution >= 4 is 5.97 Å². The second kappa shape index (κ2) is 6.68. The molecule has 0 saturated carbocycles. The van der Waals surface area contributed by atoms with Crippen LogP contribution < -0.4 is 5.32 Å². The second-order valence-electron chi connectivity index (χ2n) is 5.08. The average Bonchev–Trinajstić information content (AvgIpc) is 2.42. The minimum Gasteiger partial charge on any atom is -0.478 e. The highest BCUT2D eigenvalue weighted by molar-refractivity contribution is 5.89. The molecule has 1 heterocycles. The van der Waals surface area contributed by atoms with Crippen LogP contribution in [0.5, 0.6) is 0 Å². The molecule has 0 spiro atoms. The van der Waals surface area contributed by atoms with Gasteiger partial charge in [0, 0.05) is 32.2 Å². The molecule has 1 aromatic carbocycles. The monoisotopic (exact) mass is 262 g/mol. The molecule has 19 heavy (non-hydrogen) atoms. The molecular formula is C15H22N2O2. The van der Waals surface area contributed by atoms with E-state index in [1.807, 2.05) is 12.1 Å². The van der Waals surface area contributed by atoms with Crippen molar-refractivity contribution in [2.24, 2.45) is 0 Å². The minimum atomic E-state index is -0.835. The lowest BCUT2D eigenvalue weighted by atomic mass is 10.0. The Morgan fingerprint density at radius 3 is 3.00 bits per heavy atom. The quantitative estimate of drug-likeness (QED) is 0.851. The van der Waals surface area contributed by atoms with E-state index in [1.54, 1.807) is 12.1 Å². The summed E-state index contributed by atoms with van der Waals surface area (Å²) in [6.07, 6.45) is 2.31. The summed E-state index contributed by atoms with van der Waals surface area (Å²) in [6.45, 7) is 5.89. The van der Waals surface area contributed by atoms with Gasteiger partial charge < -0.3 is 10.4 Å². The van der Waals surface area contributed by atoms with Gasteiger partial charge >= 0.3 is 5.97 Å². The largest absolute Gasteiger partial charge is 0.478 e. The van der Waals surface area contributed by atoms with Crippen LogP contribution in [-0.4, -0.2) is 41.7 Å². The Labute approximate surface area is 114 Å². The molecule has 4 nitrogen and oxygen atoms in total. The lowest BCUT2D eigenvalue weighted by Crippen LogP contribution is -2.50. The molecule has 1 aliphatic heterocycles. The van der Waals surface area contributed by atoms with Gasteiger partial charge in [0.05, 0.1) is 5.56 Å². The van der Waals surface area contributed by atoms with Crippen molar-refractivity contribution in [2.45, 2.75) is 32.4 Å². The zero-order valence-electron chi connectivity index (χ0n) is 11.4. The lowest BCUT2D eigenvalue weighted by molar-refractivity contribution is 0.0692. The van der Waals surface area contributed by atoms with Crippen LogP contribution in [-0.2, 0) is 6.54 Å². The first-order valence-electron chi connectivity index (χ1n) is 6.98. The van der Waals surface area contributed by atoms with Crippen molar-refractivity contribution in [3.63, 3.8) is 0 Å². The van der Waals surface area contributed by atoms with Gasteiger partial charge in [-0.2, -0.15) is 0 Å². The van der Waals surface area contributed by atoms with Gasteiger partial charge in [-0.3, -0.25) is 4.90 Å². The third kappa shape index (κ3) is 3.55. The SMILES string of the molecule is CCC[C@@H]1CNCCN1Cc1ccccc1C(=O)O. The summed E-state index contributed by atoms with van der Waals surface area (Å²) in [5.74, 6) is -0.835. The van der Waals surface area contributed by atoms with Gasteiger partial charge in [0.15, 0.2) is 0 Å². The first-order valence-corrected chi connectivity index (χ1v) is 6.98. The minimum absolute atomic E-state index is 0.427. The third-order valence-electron chi connectivity index (χ3n) is 3.72. The van der Waals surface area contributed by atoms with Crippen molar-refractivity contribution in [3.05, 3.63) is 35.4 Å². The zero-order valence-corrected chi connectivity index (χ0v) is 11.4. The highest BCUT2D eigenvalue weighted by Gasteiger charge is 2.22. The van der Waals surface area contributed by atoms with Crippen molar-refractivity contribution in [2.75, 3.05) is 19.6 Å². The van der Waals surface area contributed by atoms with Crippen LogP contribution in [0.15, 0.2) is 24.3 Å². The number of rotatable bonds is 5. The number of nitrogens with one attached hydrogen (secondary N) is 1. The first-order chi connectivity index (χ1) is 9.22. The average molecular weight is 262 g/mol. The van der Waals surface area contributed by atoms with E-state index >= 15 is 0 Å².